The highest BCUT2D eigenvalue weighted by molar-refractivity contribution is 9.47. The zero-order valence-corrected chi connectivity index (χ0v) is 12.6. The summed E-state index contributed by atoms with van der Waals surface area (Å²) in [6, 6.07) is 0. The van der Waals surface area contributed by atoms with Gasteiger partial charge >= 0.3 is 0 Å². The maximum absolute atomic E-state index is 12.7. The minimum absolute atomic E-state index is 1.29. The van der Waals surface area contributed by atoms with Gasteiger partial charge in [0.1, 0.15) is 0 Å². The minimum Gasteiger partial charge on any atom is -0.214 e. The average Bonchev–Trinajstić information content (AvgIpc) is 1.88. The van der Waals surface area contributed by atoms with E-state index in [1.165, 1.54) is 46.0 Å². The quantitative estimate of drug-likeness (QED) is 0.342. The van der Waals surface area contributed by atoms with Crippen LogP contribution >= 0.6 is 58.4 Å². The van der Waals surface area contributed by atoms with Gasteiger partial charge in [0.2, 0.25) is 0 Å². The zero-order valence-electron chi connectivity index (χ0n) is 5.13. The van der Waals surface area contributed by atoms with Crippen molar-refractivity contribution in [3.63, 3.8) is 0 Å². The third-order valence-corrected chi connectivity index (χ3v) is 22.2. The van der Waals surface area contributed by atoms with E-state index < -0.39 is 13.2 Å². The molecule has 0 heterocycles. The summed E-state index contributed by atoms with van der Waals surface area (Å²) in [5.41, 5.74) is 0. The van der Waals surface area contributed by atoms with Gasteiger partial charge in [0.05, 0.1) is 0 Å². The van der Waals surface area contributed by atoms with Crippen molar-refractivity contribution in [2.45, 2.75) is 0 Å². The molecule has 0 rings (SSSR count). The summed E-state index contributed by atoms with van der Waals surface area (Å²) in [6.07, 6.45) is 0. The molecule has 0 spiro atoms. The van der Waals surface area contributed by atoms with Gasteiger partial charge in [-0.2, -0.15) is 0 Å². The second-order valence-corrected chi connectivity index (χ2v) is 21.8. The SMILES string of the molecule is CP(F)S(=S)(=S)SSSSS. The lowest BCUT2D eigenvalue weighted by Gasteiger charge is -2.06. The molecule has 0 saturated carbocycles. The Morgan fingerprint density at radius 2 is 2.00 bits per heavy atom. The second-order valence-electron chi connectivity index (χ2n) is 1.13. The third kappa shape index (κ3) is 6.90. The van der Waals surface area contributed by atoms with Crippen molar-refractivity contribution in [3.8, 4) is 0 Å². The van der Waals surface area contributed by atoms with Crippen LogP contribution in [-0.4, -0.2) is 6.66 Å². The zero-order chi connectivity index (χ0) is 8.91. The molecule has 0 saturated heterocycles. The highest BCUT2D eigenvalue weighted by Gasteiger charge is 2.13. The molecule has 0 bridgehead atoms. The van der Waals surface area contributed by atoms with Crippen LogP contribution in [0.4, 0.5) is 4.20 Å². The largest absolute Gasteiger partial charge is 0.214 e. The van der Waals surface area contributed by atoms with Crippen molar-refractivity contribution in [2.75, 3.05) is 6.66 Å². The summed E-state index contributed by atoms with van der Waals surface area (Å²) in [4.78, 5) is 0. The van der Waals surface area contributed by atoms with Crippen LogP contribution in [0.15, 0.2) is 0 Å². The maximum Gasteiger partial charge on any atom is 0.157 e. The van der Waals surface area contributed by atoms with Gasteiger partial charge in [-0.1, -0.05) is 11.7 Å². The van der Waals surface area contributed by atoms with E-state index >= 15 is 0 Å². The van der Waals surface area contributed by atoms with Crippen LogP contribution < -0.4 is 0 Å². The van der Waals surface area contributed by atoms with E-state index in [2.05, 4.69) is 11.7 Å². The molecular weight excluding hydrogens is 319 g/mol. The standard InChI is InChI=1S/CH4FPS8/c1-3(2)11(5,6)10-9-8-7-4/h4H,1H3. The molecule has 0 N–H and O–H groups in total. The predicted octanol–water partition coefficient (Wildman–Crippen LogP) is 4.41. The molecule has 0 aromatic carbocycles. The van der Waals surface area contributed by atoms with E-state index in [9.17, 15) is 4.20 Å². The molecule has 0 fully saturated rings. The van der Waals surface area contributed by atoms with E-state index in [4.69, 9.17) is 22.4 Å². The van der Waals surface area contributed by atoms with Crippen LogP contribution in [0, 0.1) is 0 Å². The van der Waals surface area contributed by atoms with Gasteiger partial charge in [-0.15, -0.1) is 0 Å². The van der Waals surface area contributed by atoms with Crippen LogP contribution in [0.5, 0.6) is 0 Å². The average molecular weight is 323 g/mol. The van der Waals surface area contributed by atoms with Crippen molar-refractivity contribution >= 4 is 86.6 Å². The Bertz CT molecular complexity index is 182. The Balaban J connectivity index is 3.75. The van der Waals surface area contributed by atoms with Crippen molar-refractivity contribution < 1.29 is 4.20 Å². The fourth-order valence-electron chi connectivity index (χ4n) is 0.101. The Labute approximate surface area is 96.2 Å². The molecule has 1 atom stereocenters. The van der Waals surface area contributed by atoms with Gasteiger partial charge in [-0.05, 0) is 48.7 Å². The van der Waals surface area contributed by atoms with Gasteiger partial charge < -0.3 is 0 Å². The Hall–Kier alpha value is 2.90. The number of thiol groups is 1. The van der Waals surface area contributed by atoms with Crippen LogP contribution in [0.2, 0.25) is 0 Å². The monoisotopic (exact) mass is 322 g/mol. The van der Waals surface area contributed by atoms with Crippen LogP contribution in [0.1, 0.15) is 0 Å². The molecule has 0 aliphatic heterocycles. The summed E-state index contributed by atoms with van der Waals surface area (Å²) >= 11 is 13.8. The minimum atomic E-state index is -1.89. The summed E-state index contributed by atoms with van der Waals surface area (Å²) in [5, 5.41) is 0. The molecule has 1 unspecified atom stereocenters. The highest BCUT2D eigenvalue weighted by Crippen LogP contribution is 2.57. The lowest BCUT2D eigenvalue weighted by molar-refractivity contribution is 0.919. The van der Waals surface area contributed by atoms with Crippen LogP contribution in [-0.2, 0) is 28.2 Å². The summed E-state index contributed by atoms with van der Waals surface area (Å²) in [6.45, 7) is 1.48. The topological polar surface area (TPSA) is 0 Å². The molecule has 0 radical (unpaired) electrons. The fraction of sp³-hybridized carbons (Fsp3) is 1.00. The fourth-order valence-corrected chi connectivity index (χ4v) is 17.7. The third-order valence-electron chi connectivity index (χ3n) is 0.480. The first kappa shape index (κ1) is 13.9. The molecule has 10 heteroatoms. The van der Waals surface area contributed by atoms with Gasteiger partial charge in [-0.3, -0.25) is 0 Å². The summed E-state index contributed by atoms with van der Waals surface area (Å²) in [7, 11) is 3.81. The van der Waals surface area contributed by atoms with Gasteiger partial charge in [-0.25, -0.2) is 4.20 Å². The first-order valence-corrected chi connectivity index (χ1v) is 14.1. The Morgan fingerprint density at radius 1 is 1.45 bits per heavy atom. The van der Waals surface area contributed by atoms with E-state index in [0.29, 0.717) is 0 Å². The molecule has 0 amide bonds. The van der Waals surface area contributed by atoms with Crippen molar-refractivity contribution in [1.29, 1.82) is 0 Å². The van der Waals surface area contributed by atoms with Crippen LogP contribution in [0.25, 0.3) is 0 Å². The molecular formula is CH4FPS8. The molecule has 0 aliphatic carbocycles. The van der Waals surface area contributed by atoms with Crippen LogP contribution in [0.3, 0.4) is 0 Å². The van der Waals surface area contributed by atoms with Gasteiger partial charge in [0.25, 0.3) is 0 Å². The van der Waals surface area contributed by atoms with Gasteiger partial charge in [0.15, 0.2) is 7.43 Å². The number of hydrogen-bond acceptors (Lipinski definition) is 7. The smallest absolute Gasteiger partial charge is 0.157 e. The van der Waals surface area contributed by atoms with E-state index in [0.717, 1.165) is 0 Å². The number of hydrogen-bond donors (Lipinski definition) is 1. The lowest BCUT2D eigenvalue weighted by atomic mass is 12.0. The molecule has 0 nitrogen and oxygen atoms in total. The molecule has 0 aromatic heterocycles. The van der Waals surface area contributed by atoms with E-state index in [-0.39, 0.29) is 0 Å². The highest BCUT2D eigenvalue weighted by atomic mass is 34.0. The van der Waals surface area contributed by atoms with Gasteiger partial charge in [0, 0.05) is 25.5 Å². The number of rotatable bonds is 5. The second kappa shape index (κ2) is 7.23. The first-order valence-electron chi connectivity index (χ1n) is 1.98. The molecule has 0 aromatic rings. The predicted molar refractivity (Wildman–Crippen MR) is 75.4 cm³/mol. The first-order chi connectivity index (χ1) is 5.00. The normalized spacial score (nSPS) is 14.8. The lowest BCUT2D eigenvalue weighted by Crippen LogP contribution is -1.76. The van der Waals surface area contributed by atoms with Crippen molar-refractivity contribution in [1.82, 2.24) is 0 Å². The number of halogens is 1. The molecule has 68 valence electrons. The molecule has 11 heavy (non-hydrogen) atoms. The maximum atomic E-state index is 12.7. The van der Waals surface area contributed by atoms with Crippen molar-refractivity contribution in [3.05, 3.63) is 0 Å². The Kier molecular flexibility index (Phi) is 9.13. The molecule has 0 aliphatic rings. The van der Waals surface area contributed by atoms with Crippen molar-refractivity contribution in [2.24, 2.45) is 0 Å². The summed E-state index contributed by atoms with van der Waals surface area (Å²) in [5.74, 6) is -1.89. The van der Waals surface area contributed by atoms with E-state index in [1.807, 2.05) is 0 Å². The van der Waals surface area contributed by atoms with E-state index in [1.54, 1.807) is 0 Å². The Morgan fingerprint density at radius 3 is 2.36 bits per heavy atom. The summed E-state index contributed by atoms with van der Waals surface area (Å²) < 4.78 is 12.7.